The number of phenols is 1. The second-order valence-electron chi connectivity index (χ2n) is 7.45. The first-order valence-corrected chi connectivity index (χ1v) is 10.1. The number of Topliss-reactive ketones (excluding diaryl/α,β-unsaturated/α-hetero) is 1. The number of aromatic hydroxyl groups is 1. The highest BCUT2D eigenvalue weighted by Crippen LogP contribution is 2.42. The van der Waals surface area contributed by atoms with Gasteiger partial charge in [0.2, 0.25) is 0 Å². The number of ether oxygens (including phenoxy) is 1. The van der Waals surface area contributed by atoms with E-state index in [4.69, 9.17) is 4.74 Å². The summed E-state index contributed by atoms with van der Waals surface area (Å²) in [5.74, 6) is -1.31. The van der Waals surface area contributed by atoms with Crippen LogP contribution in [0.1, 0.15) is 48.6 Å². The molecular weight excluding hydrogens is 382 g/mol. The summed E-state index contributed by atoms with van der Waals surface area (Å²) >= 11 is 0. The number of amides is 1. The molecule has 0 bridgehead atoms. The summed E-state index contributed by atoms with van der Waals surface area (Å²) in [6, 6.07) is 9.39. The van der Waals surface area contributed by atoms with Crippen molar-refractivity contribution in [3.63, 3.8) is 0 Å². The van der Waals surface area contributed by atoms with E-state index in [0.29, 0.717) is 30.7 Å². The van der Waals surface area contributed by atoms with E-state index in [1.165, 1.54) is 11.0 Å². The molecule has 1 aliphatic heterocycles. The van der Waals surface area contributed by atoms with Crippen LogP contribution in [0, 0.1) is 13.8 Å². The van der Waals surface area contributed by atoms with E-state index < -0.39 is 17.7 Å². The van der Waals surface area contributed by atoms with Crippen molar-refractivity contribution in [2.24, 2.45) is 0 Å². The van der Waals surface area contributed by atoms with E-state index in [1.807, 2.05) is 26.8 Å². The topological polar surface area (TPSA) is 87.1 Å². The van der Waals surface area contributed by atoms with Crippen LogP contribution >= 0.6 is 0 Å². The van der Waals surface area contributed by atoms with Gasteiger partial charge in [-0.25, -0.2) is 0 Å². The molecule has 0 radical (unpaired) electrons. The molecule has 2 N–H and O–H groups in total. The quantitative estimate of drug-likeness (QED) is 0.423. The highest BCUT2D eigenvalue weighted by Gasteiger charge is 2.45. The van der Waals surface area contributed by atoms with Gasteiger partial charge in [0.05, 0.1) is 18.2 Å². The molecule has 1 heterocycles. The Morgan fingerprint density at radius 3 is 2.43 bits per heavy atom. The summed E-state index contributed by atoms with van der Waals surface area (Å²) < 4.78 is 5.48. The average molecular weight is 409 g/mol. The smallest absolute Gasteiger partial charge is 0.295 e. The number of carbonyl (C=O) groups excluding carboxylic acids is 2. The van der Waals surface area contributed by atoms with E-state index >= 15 is 0 Å². The molecule has 2 aromatic rings. The minimum atomic E-state index is -0.758. The van der Waals surface area contributed by atoms with Crippen molar-refractivity contribution in [1.29, 1.82) is 0 Å². The van der Waals surface area contributed by atoms with Crippen molar-refractivity contribution in [2.75, 3.05) is 13.2 Å². The minimum Gasteiger partial charge on any atom is -0.507 e. The Hall–Kier alpha value is -3.28. The summed E-state index contributed by atoms with van der Waals surface area (Å²) in [5, 5.41) is 21.1. The third kappa shape index (κ3) is 3.77. The Bertz CT molecular complexity index is 1020. The molecule has 1 aliphatic rings. The molecule has 1 fully saturated rings. The van der Waals surface area contributed by atoms with Crippen molar-refractivity contribution in [2.45, 2.75) is 40.2 Å². The van der Waals surface area contributed by atoms with E-state index in [0.717, 1.165) is 11.1 Å². The standard InChI is InChI=1S/C24H27NO5/c1-5-11-25-21(16-9-10-18(26)19(13-16)30-6-2)20(23(28)24(25)29)22(27)17-8-7-14(3)15(4)12-17/h7-10,12-13,21,26-27H,5-6,11H2,1-4H3/b22-20-. The van der Waals surface area contributed by atoms with Crippen LogP contribution in [0.2, 0.25) is 0 Å². The predicted molar refractivity (Wildman–Crippen MR) is 114 cm³/mol. The van der Waals surface area contributed by atoms with Gasteiger partial charge in [-0.05, 0) is 62.1 Å². The molecule has 6 nitrogen and oxygen atoms in total. The average Bonchev–Trinajstić information content (AvgIpc) is 2.96. The van der Waals surface area contributed by atoms with Crippen LogP contribution in [-0.4, -0.2) is 40.0 Å². The lowest BCUT2D eigenvalue weighted by Crippen LogP contribution is -2.30. The summed E-state index contributed by atoms with van der Waals surface area (Å²) in [6.07, 6.45) is 0.656. The first-order chi connectivity index (χ1) is 14.3. The number of hydrogen-bond acceptors (Lipinski definition) is 5. The van der Waals surface area contributed by atoms with Crippen LogP contribution in [0.5, 0.6) is 11.5 Å². The molecule has 158 valence electrons. The Kier molecular flexibility index (Phi) is 6.15. The van der Waals surface area contributed by atoms with Gasteiger partial charge in [0, 0.05) is 12.1 Å². The number of carbonyl (C=O) groups is 2. The van der Waals surface area contributed by atoms with Gasteiger partial charge in [0.15, 0.2) is 11.5 Å². The zero-order chi connectivity index (χ0) is 22.0. The van der Waals surface area contributed by atoms with Crippen molar-refractivity contribution >= 4 is 17.4 Å². The number of nitrogens with zero attached hydrogens (tertiary/aromatic N) is 1. The van der Waals surface area contributed by atoms with Gasteiger partial charge in [0.1, 0.15) is 5.76 Å². The Labute approximate surface area is 176 Å². The van der Waals surface area contributed by atoms with Crippen LogP contribution in [0.3, 0.4) is 0 Å². The molecule has 0 aromatic heterocycles. The SMILES string of the molecule is CCCN1C(=O)C(=O)/C(=C(\O)c2ccc(C)c(C)c2)C1c1ccc(O)c(OCC)c1. The summed E-state index contributed by atoms with van der Waals surface area (Å²) in [5.41, 5.74) is 3.16. The molecule has 0 saturated carbocycles. The number of aliphatic hydroxyl groups is 1. The lowest BCUT2D eigenvalue weighted by Gasteiger charge is -2.25. The van der Waals surface area contributed by atoms with Gasteiger partial charge in [-0.15, -0.1) is 0 Å². The largest absolute Gasteiger partial charge is 0.507 e. The Balaban J connectivity index is 2.21. The Morgan fingerprint density at radius 2 is 1.80 bits per heavy atom. The number of rotatable bonds is 6. The van der Waals surface area contributed by atoms with Crippen LogP contribution in [0.15, 0.2) is 42.0 Å². The van der Waals surface area contributed by atoms with E-state index in [-0.39, 0.29) is 22.8 Å². The molecule has 0 spiro atoms. The van der Waals surface area contributed by atoms with Crippen LogP contribution in [-0.2, 0) is 9.59 Å². The van der Waals surface area contributed by atoms with Gasteiger partial charge in [0.25, 0.3) is 11.7 Å². The maximum atomic E-state index is 12.9. The molecule has 2 aromatic carbocycles. The number of hydrogen-bond donors (Lipinski definition) is 2. The predicted octanol–water partition coefficient (Wildman–Crippen LogP) is 4.24. The van der Waals surface area contributed by atoms with Gasteiger partial charge in [-0.2, -0.15) is 0 Å². The number of ketones is 1. The van der Waals surface area contributed by atoms with Crippen molar-refractivity contribution in [3.8, 4) is 11.5 Å². The third-order valence-electron chi connectivity index (χ3n) is 5.38. The van der Waals surface area contributed by atoms with Gasteiger partial charge < -0.3 is 19.8 Å². The van der Waals surface area contributed by atoms with E-state index in [2.05, 4.69) is 0 Å². The first kappa shape index (κ1) is 21.4. The third-order valence-corrected chi connectivity index (χ3v) is 5.38. The lowest BCUT2D eigenvalue weighted by atomic mass is 9.94. The first-order valence-electron chi connectivity index (χ1n) is 10.1. The molecule has 1 amide bonds. The van der Waals surface area contributed by atoms with Gasteiger partial charge in [-0.1, -0.05) is 25.1 Å². The van der Waals surface area contributed by atoms with E-state index in [1.54, 1.807) is 31.2 Å². The van der Waals surface area contributed by atoms with Crippen molar-refractivity contribution in [3.05, 3.63) is 64.2 Å². The monoisotopic (exact) mass is 409 g/mol. The zero-order valence-electron chi connectivity index (χ0n) is 17.7. The second-order valence-corrected chi connectivity index (χ2v) is 7.45. The fourth-order valence-corrected chi connectivity index (χ4v) is 3.71. The number of aryl methyl sites for hydroxylation is 2. The van der Waals surface area contributed by atoms with Crippen LogP contribution in [0.4, 0.5) is 0 Å². The fraction of sp³-hybridized carbons (Fsp3) is 0.333. The molecule has 0 aliphatic carbocycles. The van der Waals surface area contributed by atoms with Gasteiger partial charge in [-0.3, -0.25) is 9.59 Å². The normalized spacial score (nSPS) is 18.1. The van der Waals surface area contributed by atoms with Crippen LogP contribution < -0.4 is 4.74 Å². The number of likely N-dealkylation sites (tertiary alicyclic amines) is 1. The second kappa shape index (κ2) is 8.61. The van der Waals surface area contributed by atoms with Crippen LogP contribution in [0.25, 0.3) is 5.76 Å². The molecule has 1 unspecified atom stereocenters. The minimum absolute atomic E-state index is 0.0257. The van der Waals surface area contributed by atoms with Crippen molar-refractivity contribution < 1.29 is 24.5 Å². The number of aliphatic hydroxyl groups excluding tert-OH is 1. The molecular formula is C24H27NO5. The lowest BCUT2D eigenvalue weighted by molar-refractivity contribution is -0.139. The molecule has 30 heavy (non-hydrogen) atoms. The maximum Gasteiger partial charge on any atom is 0.295 e. The van der Waals surface area contributed by atoms with Gasteiger partial charge >= 0.3 is 0 Å². The van der Waals surface area contributed by atoms with E-state index in [9.17, 15) is 19.8 Å². The number of phenolic OH excluding ortho intramolecular Hbond substituents is 1. The molecule has 1 saturated heterocycles. The maximum absolute atomic E-state index is 12.9. The fourth-order valence-electron chi connectivity index (χ4n) is 3.71. The zero-order valence-corrected chi connectivity index (χ0v) is 17.7. The molecule has 3 rings (SSSR count). The Morgan fingerprint density at radius 1 is 1.07 bits per heavy atom. The molecule has 1 atom stereocenters. The summed E-state index contributed by atoms with van der Waals surface area (Å²) in [6.45, 7) is 8.33. The highest BCUT2D eigenvalue weighted by atomic mass is 16.5. The van der Waals surface area contributed by atoms with Crippen molar-refractivity contribution in [1.82, 2.24) is 4.90 Å². The number of benzene rings is 2. The highest BCUT2D eigenvalue weighted by molar-refractivity contribution is 6.46. The summed E-state index contributed by atoms with van der Waals surface area (Å²) in [7, 11) is 0. The summed E-state index contributed by atoms with van der Waals surface area (Å²) in [4.78, 5) is 27.2. The molecule has 6 heteroatoms.